The number of allylic oxidation sites excluding steroid dienone is 10. The van der Waals surface area contributed by atoms with E-state index in [9.17, 15) is 28.9 Å². The van der Waals surface area contributed by atoms with Crippen LogP contribution in [-0.2, 0) is 42.2 Å². The monoisotopic (exact) mass is 979 g/mol. The first-order valence-electron chi connectivity index (χ1n) is 27.2. The second-order valence-electron chi connectivity index (χ2n) is 18.0. The van der Waals surface area contributed by atoms with Crippen LogP contribution in [-0.4, -0.2) is 66.5 Å². The molecule has 3 unspecified atom stereocenters. The Balaban J connectivity index is 4.77. The maximum absolute atomic E-state index is 12.9. The molecule has 68 heavy (non-hydrogen) atoms. The minimum Gasteiger partial charge on any atom is -0.462 e. The summed E-state index contributed by atoms with van der Waals surface area (Å²) in [5, 5.41) is 9.75. The van der Waals surface area contributed by atoms with Crippen molar-refractivity contribution in [2.45, 2.75) is 251 Å². The fourth-order valence-electron chi connectivity index (χ4n) is 7.28. The van der Waals surface area contributed by atoms with Gasteiger partial charge in [0.1, 0.15) is 12.7 Å². The fourth-order valence-corrected chi connectivity index (χ4v) is 8.07. The van der Waals surface area contributed by atoms with Crippen LogP contribution in [0.4, 0.5) is 0 Å². The molecular weight excluding hydrogens is 880 g/mol. The number of hydrogen-bond donors (Lipinski definition) is 2. The zero-order valence-electron chi connectivity index (χ0n) is 43.3. The molecule has 0 rings (SSSR count). The summed E-state index contributed by atoms with van der Waals surface area (Å²) in [6, 6.07) is 0. The van der Waals surface area contributed by atoms with Crippen LogP contribution in [0.2, 0.25) is 0 Å². The molecule has 0 spiro atoms. The minimum atomic E-state index is -4.74. The van der Waals surface area contributed by atoms with E-state index in [1.54, 1.807) is 0 Å². The highest BCUT2D eigenvalue weighted by atomic mass is 31.2. The summed E-state index contributed by atoms with van der Waals surface area (Å²) in [7, 11) is -4.74. The molecule has 0 saturated heterocycles. The second kappa shape index (κ2) is 50.6. The maximum Gasteiger partial charge on any atom is 0.472 e. The highest BCUT2D eigenvalue weighted by molar-refractivity contribution is 7.47. The summed E-state index contributed by atoms with van der Waals surface area (Å²) in [5.74, 6) is -1.49. The molecule has 0 aromatic heterocycles. The highest BCUT2D eigenvalue weighted by Crippen LogP contribution is 2.43. The molecule has 0 aliphatic rings. The molecule has 0 amide bonds. The van der Waals surface area contributed by atoms with Gasteiger partial charge in [-0.3, -0.25) is 23.4 Å². The predicted octanol–water partition coefficient (Wildman–Crippen LogP) is 15.6. The van der Waals surface area contributed by atoms with Crippen LogP contribution in [0.15, 0.2) is 60.8 Å². The lowest BCUT2D eigenvalue weighted by molar-refractivity contribution is -0.161. The molecular formula is C56H99O11P. The summed E-state index contributed by atoms with van der Waals surface area (Å²) in [5.41, 5.74) is 0. The van der Waals surface area contributed by atoms with Crippen molar-refractivity contribution in [1.82, 2.24) is 0 Å². The lowest BCUT2D eigenvalue weighted by atomic mass is 10.1. The molecule has 11 nitrogen and oxygen atoms in total. The van der Waals surface area contributed by atoms with Gasteiger partial charge in [-0.25, -0.2) is 4.57 Å². The molecule has 0 fully saturated rings. The lowest BCUT2D eigenvalue weighted by Gasteiger charge is -2.21. The third-order valence-corrected chi connectivity index (χ3v) is 12.4. The molecule has 0 aliphatic carbocycles. The zero-order valence-corrected chi connectivity index (χ0v) is 44.2. The molecule has 0 aromatic carbocycles. The second-order valence-corrected chi connectivity index (χ2v) is 19.5. The number of carbonyl (C=O) groups excluding carboxylic acids is 3. The third kappa shape index (κ3) is 48.2. The first-order chi connectivity index (χ1) is 33.2. The quantitative estimate of drug-likeness (QED) is 0.0197. The molecule has 12 heteroatoms. The van der Waals surface area contributed by atoms with Gasteiger partial charge in [-0.05, 0) is 83.5 Å². The van der Waals surface area contributed by atoms with Gasteiger partial charge in [-0.1, -0.05) is 197 Å². The Kier molecular flexibility index (Phi) is 48.5. The number of ether oxygens (including phenoxy) is 3. The summed E-state index contributed by atoms with van der Waals surface area (Å²) in [6.07, 6.45) is 53.3. The van der Waals surface area contributed by atoms with Crippen LogP contribution in [0.1, 0.15) is 239 Å². The average Bonchev–Trinajstić information content (AvgIpc) is 3.32. The van der Waals surface area contributed by atoms with Crippen molar-refractivity contribution in [3.8, 4) is 0 Å². The van der Waals surface area contributed by atoms with Gasteiger partial charge < -0.3 is 24.2 Å². The van der Waals surface area contributed by atoms with Crippen molar-refractivity contribution in [3.63, 3.8) is 0 Å². The summed E-state index contributed by atoms with van der Waals surface area (Å²) >= 11 is 0. The van der Waals surface area contributed by atoms with Crippen molar-refractivity contribution in [2.24, 2.45) is 0 Å². The number of rotatable bonds is 50. The molecule has 3 atom stereocenters. The van der Waals surface area contributed by atoms with Crippen molar-refractivity contribution in [2.75, 3.05) is 26.4 Å². The van der Waals surface area contributed by atoms with Crippen LogP contribution >= 0.6 is 7.82 Å². The van der Waals surface area contributed by atoms with Gasteiger partial charge in [0, 0.05) is 19.3 Å². The summed E-state index contributed by atoms with van der Waals surface area (Å²) in [4.78, 5) is 48.3. The van der Waals surface area contributed by atoms with Crippen molar-refractivity contribution >= 4 is 25.7 Å². The van der Waals surface area contributed by atoms with Gasteiger partial charge >= 0.3 is 25.7 Å². The Hall–Kier alpha value is -2.82. The molecule has 0 radical (unpaired) electrons. The number of esters is 3. The Bertz CT molecular complexity index is 1370. The average molecular weight is 979 g/mol. The van der Waals surface area contributed by atoms with E-state index in [1.807, 2.05) is 0 Å². The number of phosphoric acid groups is 1. The number of unbranched alkanes of at least 4 members (excludes halogenated alkanes) is 23. The van der Waals surface area contributed by atoms with Crippen LogP contribution in [0.3, 0.4) is 0 Å². The standard InChI is InChI=1S/C56H99O11P/c1-4-7-10-13-16-19-21-23-25-26-28-30-32-35-38-41-44-47-56(60)67-53(49-63-54(58)45-42-39-36-34-31-29-27-24-22-20-17-14-11-8-5-2)51-65-68(61,62)64-50-52(48-57)66-55(59)46-43-40-37-33-18-15-12-9-6-3/h8,11,16-17,19-20,23-25,27,52-53,57H,4-7,9-10,12-15,18,21-22,26,28-51H2,1-3H3,(H,61,62)/b11-8-,19-16-,20-17-,25-23-,27-24-. The lowest BCUT2D eigenvalue weighted by Crippen LogP contribution is -2.30. The largest absolute Gasteiger partial charge is 0.472 e. The highest BCUT2D eigenvalue weighted by Gasteiger charge is 2.28. The normalized spacial score (nSPS) is 13.9. The van der Waals surface area contributed by atoms with Crippen LogP contribution in [0.5, 0.6) is 0 Å². The van der Waals surface area contributed by atoms with Crippen LogP contribution in [0, 0.1) is 0 Å². The third-order valence-electron chi connectivity index (χ3n) is 11.4. The van der Waals surface area contributed by atoms with Gasteiger partial charge in [0.15, 0.2) is 6.10 Å². The first-order valence-corrected chi connectivity index (χ1v) is 28.7. The van der Waals surface area contributed by atoms with E-state index in [1.165, 1.54) is 70.6 Å². The van der Waals surface area contributed by atoms with E-state index in [4.69, 9.17) is 23.3 Å². The van der Waals surface area contributed by atoms with Crippen molar-refractivity contribution in [3.05, 3.63) is 60.8 Å². The van der Waals surface area contributed by atoms with E-state index >= 15 is 0 Å². The smallest absolute Gasteiger partial charge is 0.462 e. The Morgan fingerprint density at radius 3 is 1.21 bits per heavy atom. The van der Waals surface area contributed by atoms with E-state index in [2.05, 4.69) is 81.5 Å². The van der Waals surface area contributed by atoms with Gasteiger partial charge in [-0.15, -0.1) is 0 Å². The van der Waals surface area contributed by atoms with Gasteiger partial charge in [-0.2, -0.15) is 0 Å². The minimum absolute atomic E-state index is 0.155. The Morgan fingerprint density at radius 1 is 0.426 bits per heavy atom. The maximum atomic E-state index is 12.9. The van der Waals surface area contributed by atoms with Crippen LogP contribution in [0.25, 0.3) is 0 Å². The Morgan fingerprint density at radius 2 is 0.765 bits per heavy atom. The van der Waals surface area contributed by atoms with Crippen molar-refractivity contribution in [1.29, 1.82) is 0 Å². The number of hydrogen-bond acceptors (Lipinski definition) is 10. The van der Waals surface area contributed by atoms with Crippen LogP contribution < -0.4 is 0 Å². The number of carbonyl (C=O) groups is 3. The summed E-state index contributed by atoms with van der Waals surface area (Å²) in [6.45, 7) is 4.45. The van der Waals surface area contributed by atoms with Gasteiger partial charge in [0.05, 0.1) is 19.8 Å². The number of aliphatic hydroxyl groups is 1. The molecule has 2 N–H and O–H groups in total. The topological polar surface area (TPSA) is 155 Å². The fraction of sp³-hybridized carbons (Fsp3) is 0.768. The first kappa shape index (κ1) is 65.2. The van der Waals surface area contributed by atoms with E-state index in [-0.39, 0.29) is 25.9 Å². The number of phosphoric ester groups is 1. The molecule has 394 valence electrons. The summed E-state index contributed by atoms with van der Waals surface area (Å²) < 4.78 is 39.4. The molecule has 0 bridgehead atoms. The number of aliphatic hydroxyl groups excluding tert-OH is 1. The molecule has 0 aliphatic heterocycles. The Labute approximate surface area is 415 Å². The van der Waals surface area contributed by atoms with E-state index in [0.29, 0.717) is 19.3 Å². The van der Waals surface area contributed by atoms with Crippen molar-refractivity contribution < 1.29 is 52.2 Å². The SMILES string of the molecule is CC/C=C\C/C=C\C/C=C\CCCCCCCC(=O)OCC(COP(=O)(O)OCC(CO)OC(=O)CCCCCCCCCCC)OC(=O)CCCCCCCCC/C=C\C/C=C\CCCCC. The molecule has 0 heterocycles. The molecule has 0 aromatic rings. The predicted molar refractivity (Wildman–Crippen MR) is 279 cm³/mol. The van der Waals surface area contributed by atoms with Gasteiger partial charge in [0.25, 0.3) is 0 Å². The van der Waals surface area contributed by atoms with Gasteiger partial charge in [0.2, 0.25) is 0 Å². The zero-order chi connectivity index (χ0) is 49.9. The molecule has 0 saturated carbocycles. The van der Waals surface area contributed by atoms with E-state index < -0.39 is 57.8 Å². The van der Waals surface area contributed by atoms with E-state index in [0.717, 1.165) is 109 Å².